The van der Waals surface area contributed by atoms with Crippen molar-refractivity contribution >= 4 is 23.1 Å². The van der Waals surface area contributed by atoms with Crippen molar-refractivity contribution in [3.05, 3.63) is 58.8 Å². The molecule has 3 aromatic rings. The molecule has 2 aromatic heterocycles. The van der Waals surface area contributed by atoms with Gasteiger partial charge in [0.2, 0.25) is 5.95 Å². The molecule has 144 valence electrons. The summed E-state index contributed by atoms with van der Waals surface area (Å²) in [6.45, 7) is 3.94. The first-order valence-electron chi connectivity index (χ1n) is 8.62. The summed E-state index contributed by atoms with van der Waals surface area (Å²) < 4.78 is 5.07. The second kappa shape index (κ2) is 8.30. The van der Waals surface area contributed by atoms with E-state index in [4.69, 9.17) is 4.74 Å². The summed E-state index contributed by atoms with van der Waals surface area (Å²) in [7, 11) is 1.46. The number of nitro benzene ring substituents is 1. The molecule has 0 atom stereocenters. The van der Waals surface area contributed by atoms with Crippen molar-refractivity contribution in [2.75, 3.05) is 17.7 Å². The van der Waals surface area contributed by atoms with Crippen LogP contribution in [-0.4, -0.2) is 33.0 Å². The van der Waals surface area contributed by atoms with Gasteiger partial charge in [0.1, 0.15) is 17.3 Å². The third kappa shape index (κ3) is 4.50. The smallest absolute Gasteiger partial charge is 0.296 e. The SMILES string of the molecule is COc1ccc(Nc2cc(-c3ccccn3)nc(NC(C)C)n2)c([N+](=O)[O-])c1. The largest absolute Gasteiger partial charge is 0.496 e. The zero-order chi connectivity index (χ0) is 20.1. The number of hydrogen-bond donors (Lipinski definition) is 2. The topological polar surface area (TPSA) is 115 Å². The van der Waals surface area contributed by atoms with Crippen LogP contribution >= 0.6 is 0 Å². The molecule has 2 N–H and O–H groups in total. The Labute approximate surface area is 162 Å². The lowest BCUT2D eigenvalue weighted by atomic mass is 10.2. The summed E-state index contributed by atoms with van der Waals surface area (Å²) in [6, 6.07) is 11.9. The zero-order valence-corrected chi connectivity index (χ0v) is 15.7. The molecule has 0 aliphatic rings. The number of benzene rings is 1. The Balaban J connectivity index is 2.03. The van der Waals surface area contributed by atoms with E-state index >= 15 is 0 Å². The number of ether oxygens (including phenoxy) is 1. The van der Waals surface area contributed by atoms with Gasteiger partial charge in [0.05, 0.1) is 29.5 Å². The number of rotatable bonds is 7. The van der Waals surface area contributed by atoms with Crippen LogP contribution in [0.15, 0.2) is 48.7 Å². The Morgan fingerprint density at radius 3 is 2.57 bits per heavy atom. The Bertz CT molecular complexity index is 979. The molecule has 28 heavy (non-hydrogen) atoms. The first kappa shape index (κ1) is 19.0. The van der Waals surface area contributed by atoms with Crippen LogP contribution in [0.3, 0.4) is 0 Å². The van der Waals surface area contributed by atoms with Gasteiger partial charge in [0.15, 0.2) is 0 Å². The highest BCUT2D eigenvalue weighted by Crippen LogP contribution is 2.32. The number of nitrogens with one attached hydrogen (secondary N) is 2. The molecule has 9 heteroatoms. The molecule has 1 aromatic carbocycles. The highest BCUT2D eigenvalue weighted by Gasteiger charge is 2.17. The van der Waals surface area contributed by atoms with Gasteiger partial charge in [-0.3, -0.25) is 15.1 Å². The van der Waals surface area contributed by atoms with Crippen LogP contribution in [-0.2, 0) is 0 Å². The van der Waals surface area contributed by atoms with Gasteiger partial charge < -0.3 is 15.4 Å². The summed E-state index contributed by atoms with van der Waals surface area (Å²) in [6.07, 6.45) is 1.68. The van der Waals surface area contributed by atoms with Crippen molar-refractivity contribution in [1.82, 2.24) is 15.0 Å². The molecule has 2 heterocycles. The summed E-state index contributed by atoms with van der Waals surface area (Å²) in [4.78, 5) is 24.2. The minimum Gasteiger partial charge on any atom is -0.496 e. The van der Waals surface area contributed by atoms with E-state index in [0.29, 0.717) is 34.6 Å². The van der Waals surface area contributed by atoms with Crippen LogP contribution in [0.1, 0.15) is 13.8 Å². The number of nitrogens with zero attached hydrogens (tertiary/aromatic N) is 4. The highest BCUT2D eigenvalue weighted by atomic mass is 16.6. The summed E-state index contributed by atoms with van der Waals surface area (Å²) >= 11 is 0. The van der Waals surface area contributed by atoms with Gasteiger partial charge in [-0.1, -0.05) is 6.07 Å². The second-order valence-corrected chi connectivity index (χ2v) is 6.24. The maximum atomic E-state index is 11.4. The van der Waals surface area contributed by atoms with Gasteiger partial charge in [0.25, 0.3) is 5.69 Å². The van der Waals surface area contributed by atoms with Crippen molar-refractivity contribution in [2.24, 2.45) is 0 Å². The fourth-order valence-corrected chi connectivity index (χ4v) is 2.51. The lowest BCUT2D eigenvalue weighted by Crippen LogP contribution is -2.13. The average Bonchev–Trinajstić information content (AvgIpc) is 2.68. The summed E-state index contributed by atoms with van der Waals surface area (Å²) in [5.41, 5.74) is 1.45. The van der Waals surface area contributed by atoms with Crippen LogP contribution in [0.5, 0.6) is 5.75 Å². The standard InChI is InChI=1S/C19H20N6O3/c1-12(2)21-19-23-16(14-6-4-5-9-20-14)11-18(24-19)22-15-8-7-13(28-3)10-17(15)25(26)27/h4-12H,1-3H3,(H2,21,22,23,24). The molecule has 9 nitrogen and oxygen atoms in total. The highest BCUT2D eigenvalue weighted by molar-refractivity contribution is 5.72. The van der Waals surface area contributed by atoms with Crippen LogP contribution < -0.4 is 15.4 Å². The summed E-state index contributed by atoms with van der Waals surface area (Å²) in [5.74, 6) is 1.21. The third-order valence-electron chi connectivity index (χ3n) is 3.74. The van der Waals surface area contributed by atoms with Gasteiger partial charge >= 0.3 is 0 Å². The second-order valence-electron chi connectivity index (χ2n) is 6.24. The number of methoxy groups -OCH3 is 1. The average molecular weight is 380 g/mol. The van der Waals surface area contributed by atoms with Crippen LogP contribution in [0, 0.1) is 10.1 Å². The lowest BCUT2D eigenvalue weighted by Gasteiger charge is -2.13. The van der Waals surface area contributed by atoms with Gasteiger partial charge in [-0.15, -0.1) is 0 Å². The minimum atomic E-state index is -0.473. The molecule has 0 bridgehead atoms. The van der Waals surface area contributed by atoms with Crippen molar-refractivity contribution in [1.29, 1.82) is 0 Å². The number of aromatic nitrogens is 3. The van der Waals surface area contributed by atoms with Crippen LogP contribution in [0.25, 0.3) is 11.4 Å². The lowest BCUT2D eigenvalue weighted by molar-refractivity contribution is -0.384. The Hall–Kier alpha value is -3.75. The molecule has 0 saturated heterocycles. The number of anilines is 3. The predicted molar refractivity (Wildman–Crippen MR) is 107 cm³/mol. The van der Waals surface area contributed by atoms with Crippen LogP contribution in [0.2, 0.25) is 0 Å². The van der Waals surface area contributed by atoms with Crippen molar-refractivity contribution in [3.63, 3.8) is 0 Å². The number of pyridine rings is 1. The first-order chi connectivity index (χ1) is 13.5. The molecule has 0 radical (unpaired) electrons. The van der Waals surface area contributed by atoms with Crippen molar-refractivity contribution < 1.29 is 9.66 Å². The number of hydrogen-bond acceptors (Lipinski definition) is 8. The van der Waals surface area contributed by atoms with E-state index in [2.05, 4.69) is 25.6 Å². The maximum absolute atomic E-state index is 11.4. The van der Waals surface area contributed by atoms with E-state index in [1.807, 2.05) is 32.0 Å². The molecule has 0 amide bonds. The Kier molecular flexibility index (Phi) is 5.64. The molecule has 0 fully saturated rings. The zero-order valence-electron chi connectivity index (χ0n) is 15.7. The monoisotopic (exact) mass is 380 g/mol. The van der Waals surface area contributed by atoms with E-state index < -0.39 is 4.92 Å². The minimum absolute atomic E-state index is 0.113. The first-order valence-corrected chi connectivity index (χ1v) is 8.62. The normalized spacial score (nSPS) is 10.6. The quantitative estimate of drug-likeness (QED) is 0.466. The molecule has 0 aliphatic heterocycles. The molecule has 0 spiro atoms. The van der Waals surface area contributed by atoms with Gasteiger partial charge in [-0.2, -0.15) is 4.98 Å². The fraction of sp³-hybridized carbons (Fsp3) is 0.211. The van der Waals surface area contributed by atoms with Crippen molar-refractivity contribution in [3.8, 4) is 17.1 Å². The number of nitro groups is 1. The maximum Gasteiger partial charge on any atom is 0.296 e. The van der Waals surface area contributed by atoms with Crippen molar-refractivity contribution in [2.45, 2.75) is 19.9 Å². The van der Waals surface area contributed by atoms with E-state index in [1.165, 1.54) is 13.2 Å². The van der Waals surface area contributed by atoms with Gasteiger partial charge in [0, 0.05) is 18.3 Å². The van der Waals surface area contributed by atoms with Gasteiger partial charge in [-0.25, -0.2) is 4.98 Å². The van der Waals surface area contributed by atoms with Crippen LogP contribution in [0.4, 0.5) is 23.1 Å². The van der Waals surface area contributed by atoms with E-state index in [0.717, 1.165) is 0 Å². The molecule has 0 saturated carbocycles. The molecule has 3 rings (SSSR count). The Morgan fingerprint density at radius 1 is 1.11 bits per heavy atom. The molecular weight excluding hydrogens is 360 g/mol. The fourth-order valence-electron chi connectivity index (χ4n) is 2.51. The molecular formula is C19H20N6O3. The summed E-state index contributed by atoms with van der Waals surface area (Å²) in [5, 5.41) is 17.6. The molecule has 0 unspecified atom stereocenters. The third-order valence-corrected chi connectivity index (χ3v) is 3.74. The van der Waals surface area contributed by atoms with E-state index in [9.17, 15) is 10.1 Å². The Morgan fingerprint density at radius 2 is 1.93 bits per heavy atom. The van der Waals surface area contributed by atoms with E-state index in [-0.39, 0.29) is 11.7 Å². The molecule has 0 aliphatic carbocycles. The van der Waals surface area contributed by atoms with Gasteiger partial charge in [-0.05, 0) is 38.1 Å². The van der Waals surface area contributed by atoms with E-state index in [1.54, 1.807) is 24.4 Å². The predicted octanol–water partition coefficient (Wildman–Crippen LogP) is 4.02.